The maximum absolute atomic E-state index is 13.7. The minimum Gasteiger partial charge on any atom is -0.385 e. The smallest absolute Gasteiger partial charge is 0.322 e. The number of nitrogens with one attached hydrogen (secondary N) is 2. The van der Waals surface area contributed by atoms with Crippen LogP contribution in [0.25, 0.3) is 10.9 Å². The molecule has 210 valence electrons. The molecular formula is C32H37FN4O3. The molecule has 4 rings (SSSR count). The number of amides is 3. The van der Waals surface area contributed by atoms with E-state index in [9.17, 15) is 14.0 Å². The summed E-state index contributed by atoms with van der Waals surface area (Å²) in [5.41, 5.74) is 5.74. The number of hydrogen-bond donors (Lipinski definition) is 2. The van der Waals surface area contributed by atoms with Crippen LogP contribution in [0.1, 0.15) is 28.7 Å². The maximum atomic E-state index is 13.7. The number of nitrogens with zero attached hydrogens (tertiary/aromatic N) is 2. The van der Waals surface area contributed by atoms with E-state index in [1.54, 1.807) is 24.1 Å². The Hall–Kier alpha value is -4.17. The van der Waals surface area contributed by atoms with Gasteiger partial charge < -0.3 is 24.8 Å². The molecule has 40 heavy (non-hydrogen) atoms. The largest absolute Gasteiger partial charge is 0.385 e. The van der Waals surface area contributed by atoms with Gasteiger partial charge in [0.25, 0.3) is 0 Å². The lowest BCUT2D eigenvalue weighted by molar-refractivity contribution is -0.132. The van der Waals surface area contributed by atoms with Crippen LogP contribution in [0.15, 0.2) is 72.9 Å². The minimum absolute atomic E-state index is 0.0878. The van der Waals surface area contributed by atoms with E-state index in [4.69, 9.17) is 4.74 Å². The normalized spacial score (nSPS) is 11.0. The molecule has 0 bridgehead atoms. The van der Waals surface area contributed by atoms with Crippen molar-refractivity contribution in [3.63, 3.8) is 0 Å². The maximum Gasteiger partial charge on any atom is 0.322 e. The fourth-order valence-electron chi connectivity index (χ4n) is 4.69. The number of aromatic nitrogens is 1. The van der Waals surface area contributed by atoms with Gasteiger partial charge in [-0.3, -0.25) is 4.79 Å². The van der Waals surface area contributed by atoms with E-state index in [0.29, 0.717) is 39.1 Å². The Morgan fingerprint density at radius 3 is 2.50 bits per heavy atom. The number of halogens is 1. The monoisotopic (exact) mass is 544 g/mol. The van der Waals surface area contributed by atoms with Crippen molar-refractivity contribution in [2.75, 3.05) is 38.7 Å². The zero-order valence-corrected chi connectivity index (χ0v) is 23.4. The first kappa shape index (κ1) is 28.8. The zero-order valence-electron chi connectivity index (χ0n) is 23.4. The molecule has 1 aromatic heterocycles. The molecule has 7 nitrogen and oxygen atoms in total. The standard InChI is InChI=1S/C32H37FN4O3/c1-23-8-6-11-29(24(23)2)35-32(39)37(17-7-19-40-3)22-31(38)36(21-25-12-14-27(33)15-13-25)18-16-26-20-34-30-10-5-4-9-28(26)30/h4-6,8-15,20,34H,7,16-19,21-22H2,1-3H3,(H,35,39). The van der Waals surface area contributed by atoms with Gasteiger partial charge in [0, 0.05) is 56.1 Å². The molecule has 0 unspecified atom stereocenters. The second-order valence-corrected chi connectivity index (χ2v) is 10.00. The van der Waals surface area contributed by atoms with Gasteiger partial charge in [0.05, 0.1) is 0 Å². The molecule has 4 aromatic rings. The predicted molar refractivity (Wildman–Crippen MR) is 157 cm³/mol. The number of carbonyl (C=O) groups excluding carboxylic acids is 2. The summed E-state index contributed by atoms with van der Waals surface area (Å²) in [4.78, 5) is 33.7. The number of fused-ring (bicyclic) bond motifs is 1. The van der Waals surface area contributed by atoms with E-state index in [-0.39, 0.29) is 24.3 Å². The van der Waals surface area contributed by atoms with Crippen LogP contribution in [0.2, 0.25) is 0 Å². The molecular weight excluding hydrogens is 507 g/mol. The van der Waals surface area contributed by atoms with Crippen LogP contribution < -0.4 is 5.32 Å². The summed E-state index contributed by atoms with van der Waals surface area (Å²) >= 11 is 0. The Morgan fingerprint density at radius 1 is 0.950 bits per heavy atom. The van der Waals surface area contributed by atoms with Gasteiger partial charge in [-0.15, -0.1) is 0 Å². The van der Waals surface area contributed by atoms with Crippen molar-refractivity contribution in [1.82, 2.24) is 14.8 Å². The highest BCUT2D eigenvalue weighted by Crippen LogP contribution is 2.20. The molecule has 0 saturated heterocycles. The number of H-pyrrole nitrogens is 1. The van der Waals surface area contributed by atoms with Gasteiger partial charge in [-0.2, -0.15) is 0 Å². The predicted octanol–water partition coefficient (Wildman–Crippen LogP) is 6.07. The Kier molecular flexibility index (Phi) is 9.91. The summed E-state index contributed by atoms with van der Waals surface area (Å²) in [7, 11) is 1.61. The SMILES string of the molecule is COCCCN(CC(=O)N(CCc1c[nH]c2ccccc12)Cc1ccc(F)cc1)C(=O)Nc1cccc(C)c1C. The van der Waals surface area contributed by atoms with Gasteiger partial charge in [-0.1, -0.05) is 42.5 Å². The highest BCUT2D eigenvalue weighted by Gasteiger charge is 2.22. The number of para-hydroxylation sites is 1. The van der Waals surface area contributed by atoms with E-state index in [2.05, 4.69) is 16.4 Å². The third-order valence-corrected chi connectivity index (χ3v) is 7.20. The highest BCUT2D eigenvalue weighted by atomic mass is 19.1. The van der Waals surface area contributed by atoms with E-state index in [0.717, 1.165) is 38.8 Å². The quantitative estimate of drug-likeness (QED) is 0.213. The Bertz CT molecular complexity index is 1430. The molecule has 0 aliphatic rings. The molecule has 2 N–H and O–H groups in total. The molecule has 0 saturated carbocycles. The molecule has 0 fully saturated rings. The van der Waals surface area contributed by atoms with E-state index in [1.807, 2.05) is 56.4 Å². The van der Waals surface area contributed by atoms with Crippen LogP contribution >= 0.6 is 0 Å². The van der Waals surface area contributed by atoms with Gasteiger partial charge >= 0.3 is 6.03 Å². The highest BCUT2D eigenvalue weighted by molar-refractivity contribution is 5.93. The van der Waals surface area contributed by atoms with Crippen LogP contribution in [0, 0.1) is 19.7 Å². The van der Waals surface area contributed by atoms with Crippen molar-refractivity contribution < 1.29 is 18.7 Å². The molecule has 3 amide bonds. The summed E-state index contributed by atoms with van der Waals surface area (Å²) in [6, 6.07) is 19.6. The summed E-state index contributed by atoms with van der Waals surface area (Å²) in [6.07, 6.45) is 3.20. The molecule has 0 aliphatic heterocycles. The Morgan fingerprint density at radius 2 is 1.73 bits per heavy atom. The topological polar surface area (TPSA) is 77.7 Å². The van der Waals surface area contributed by atoms with E-state index < -0.39 is 0 Å². The summed E-state index contributed by atoms with van der Waals surface area (Å²) in [5.74, 6) is -0.509. The number of aryl methyl sites for hydroxylation is 1. The van der Waals surface area contributed by atoms with Crippen molar-refractivity contribution >= 4 is 28.5 Å². The van der Waals surface area contributed by atoms with Crippen molar-refractivity contribution in [2.24, 2.45) is 0 Å². The van der Waals surface area contributed by atoms with Crippen molar-refractivity contribution in [1.29, 1.82) is 0 Å². The van der Waals surface area contributed by atoms with Crippen molar-refractivity contribution in [3.05, 3.63) is 101 Å². The second-order valence-electron chi connectivity index (χ2n) is 10.00. The molecule has 0 atom stereocenters. The van der Waals surface area contributed by atoms with Crippen LogP contribution in [0.3, 0.4) is 0 Å². The lowest BCUT2D eigenvalue weighted by atomic mass is 10.1. The Labute approximate surface area is 234 Å². The molecule has 0 radical (unpaired) electrons. The van der Waals surface area contributed by atoms with Crippen LogP contribution in [-0.2, 0) is 22.5 Å². The van der Waals surface area contributed by atoms with Crippen LogP contribution in [-0.4, -0.2) is 60.1 Å². The first-order valence-electron chi connectivity index (χ1n) is 13.5. The fraction of sp³-hybridized carbons (Fsp3) is 0.312. The van der Waals surface area contributed by atoms with Crippen molar-refractivity contribution in [2.45, 2.75) is 33.2 Å². The zero-order chi connectivity index (χ0) is 28.5. The average molecular weight is 545 g/mol. The number of benzene rings is 3. The average Bonchev–Trinajstić information content (AvgIpc) is 3.37. The lowest BCUT2D eigenvalue weighted by Crippen LogP contribution is -2.45. The molecule has 0 aliphatic carbocycles. The number of aromatic amines is 1. The lowest BCUT2D eigenvalue weighted by Gasteiger charge is -2.28. The van der Waals surface area contributed by atoms with Crippen LogP contribution in [0.5, 0.6) is 0 Å². The minimum atomic E-state index is -0.337. The summed E-state index contributed by atoms with van der Waals surface area (Å²) < 4.78 is 18.8. The van der Waals surface area contributed by atoms with Crippen molar-refractivity contribution in [3.8, 4) is 0 Å². The first-order chi connectivity index (χ1) is 19.4. The van der Waals surface area contributed by atoms with E-state index in [1.165, 1.54) is 17.0 Å². The third-order valence-electron chi connectivity index (χ3n) is 7.20. The number of urea groups is 1. The van der Waals surface area contributed by atoms with Gasteiger partial charge in [0.15, 0.2) is 0 Å². The number of anilines is 1. The Balaban J connectivity index is 1.52. The summed E-state index contributed by atoms with van der Waals surface area (Å²) in [5, 5.41) is 4.10. The van der Waals surface area contributed by atoms with Gasteiger partial charge in [-0.25, -0.2) is 9.18 Å². The third kappa shape index (κ3) is 7.48. The number of hydrogen-bond acceptors (Lipinski definition) is 3. The number of carbonyl (C=O) groups is 2. The molecule has 1 heterocycles. The number of rotatable bonds is 12. The van der Waals surface area contributed by atoms with Gasteiger partial charge in [0.2, 0.25) is 5.91 Å². The second kappa shape index (κ2) is 13.8. The van der Waals surface area contributed by atoms with Gasteiger partial charge in [0.1, 0.15) is 12.4 Å². The van der Waals surface area contributed by atoms with Gasteiger partial charge in [-0.05, 0) is 73.2 Å². The molecule has 0 spiro atoms. The fourth-order valence-corrected chi connectivity index (χ4v) is 4.69. The van der Waals surface area contributed by atoms with E-state index >= 15 is 0 Å². The molecule has 3 aromatic carbocycles. The first-order valence-corrected chi connectivity index (χ1v) is 13.5. The number of ether oxygens (including phenoxy) is 1. The van der Waals surface area contributed by atoms with Crippen LogP contribution in [0.4, 0.5) is 14.9 Å². The summed E-state index contributed by atoms with van der Waals surface area (Å²) in [6.45, 7) is 5.46. The number of methoxy groups -OCH3 is 1. The molecule has 8 heteroatoms.